The molecule has 0 bridgehead atoms. The number of methoxy groups -OCH3 is 1. The summed E-state index contributed by atoms with van der Waals surface area (Å²) in [5.74, 6) is 0.146. The molecule has 0 N–H and O–H groups in total. The van der Waals surface area contributed by atoms with Crippen molar-refractivity contribution in [1.82, 2.24) is 0 Å². The van der Waals surface area contributed by atoms with Gasteiger partial charge in [-0.25, -0.2) is 4.39 Å². The number of carbonyl (C=O) groups is 1. The van der Waals surface area contributed by atoms with Gasteiger partial charge in [0.25, 0.3) is 5.91 Å². The van der Waals surface area contributed by atoms with Gasteiger partial charge in [0.15, 0.2) is 15.8 Å². The van der Waals surface area contributed by atoms with Crippen LogP contribution in [0.2, 0.25) is 10.0 Å². The summed E-state index contributed by atoms with van der Waals surface area (Å²) >= 11 is 18.8. The van der Waals surface area contributed by atoms with E-state index in [0.29, 0.717) is 37.0 Å². The summed E-state index contributed by atoms with van der Waals surface area (Å²) in [5, 5.41) is 0.784. The van der Waals surface area contributed by atoms with Crippen LogP contribution in [0.15, 0.2) is 65.6 Å². The average molecular weight is 520 g/mol. The van der Waals surface area contributed by atoms with Crippen molar-refractivity contribution in [3.63, 3.8) is 0 Å². The molecule has 0 spiro atoms. The van der Waals surface area contributed by atoms with E-state index in [2.05, 4.69) is 0 Å². The van der Waals surface area contributed by atoms with E-state index < -0.39 is 5.82 Å². The molecule has 0 aromatic heterocycles. The van der Waals surface area contributed by atoms with E-state index in [4.69, 9.17) is 44.9 Å². The minimum Gasteiger partial charge on any atom is -0.493 e. The molecular weight excluding hydrogens is 504 g/mol. The lowest BCUT2D eigenvalue weighted by atomic mass is 10.1. The monoisotopic (exact) mass is 519 g/mol. The number of hydrogen-bond acceptors (Lipinski definition) is 5. The van der Waals surface area contributed by atoms with Gasteiger partial charge in [-0.3, -0.25) is 9.69 Å². The first-order chi connectivity index (χ1) is 15.9. The third-order valence-corrected chi connectivity index (χ3v) is 6.67. The molecule has 1 fully saturated rings. The lowest BCUT2D eigenvalue weighted by Gasteiger charge is -2.14. The van der Waals surface area contributed by atoms with Gasteiger partial charge in [0, 0.05) is 10.6 Å². The summed E-state index contributed by atoms with van der Waals surface area (Å²) in [5.41, 5.74) is 1.54. The van der Waals surface area contributed by atoms with E-state index in [1.54, 1.807) is 54.6 Å². The summed E-state index contributed by atoms with van der Waals surface area (Å²) in [6, 6.07) is 16.6. The Labute approximate surface area is 209 Å². The van der Waals surface area contributed by atoms with E-state index in [0.717, 1.165) is 0 Å². The zero-order chi connectivity index (χ0) is 23.5. The van der Waals surface area contributed by atoms with Gasteiger partial charge in [0.1, 0.15) is 12.4 Å². The number of carbonyl (C=O) groups excluding carboxylic acids is 1. The topological polar surface area (TPSA) is 38.8 Å². The van der Waals surface area contributed by atoms with Crippen molar-refractivity contribution in [2.24, 2.45) is 0 Å². The Hall–Kier alpha value is -2.58. The third kappa shape index (κ3) is 5.17. The maximum atomic E-state index is 14.1. The highest BCUT2D eigenvalue weighted by molar-refractivity contribution is 8.27. The van der Waals surface area contributed by atoms with Crippen LogP contribution in [0.25, 0.3) is 6.08 Å². The van der Waals surface area contributed by atoms with Gasteiger partial charge in [-0.15, -0.1) is 0 Å². The number of ether oxygens (including phenoxy) is 2. The quantitative estimate of drug-likeness (QED) is 0.256. The standard InChI is InChI=1S/C24H16Cl2FNO3S2/c1-30-20-9-8-14(10-21(20)31-13-17-18(26)6-3-7-19(17)27)11-22-23(29)28(24(32)33-22)16-5-2-4-15(25)12-16/h2-12H,13H2,1H3/b22-11-. The molecule has 1 aliphatic heterocycles. The lowest BCUT2D eigenvalue weighted by molar-refractivity contribution is -0.113. The number of thiocarbonyl (C=S) groups is 1. The summed E-state index contributed by atoms with van der Waals surface area (Å²) in [7, 11) is 1.51. The van der Waals surface area contributed by atoms with Gasteiger partial charge in [0.2, 0.25) is 0 Å². The van der Waals surface area contributed by atoms with E-state index >= 15 is 0 Å². The van der Waals surface area contributed by atoms with Crippen molar-refractivity contribution >= 4 is 69.2 Å². The molecule has 1 heterocycles. The Kier molecular flexibility index (Phi) is 7.24. The van der Waals surface area contributed by atoms with E-state index in [-0.39, 0.29) is 23.1 Å². The molecule has 0 saturated carbocycles. The Morgan fingerprint density at radius 2 is 1.88 bits per heavy atom. The zero-order valence-corrected chi connectivity index (χ0v) is 20.3. The summed E-state index contributed by atoms with van der Waals surface area (Å²) in [6.07, 6.45) is 1.71. The van der Waals surface area contributed by atoms with Crippen molar-refractivity contribution in [3.8, 4) is 11.5 Å². The number of benzene rings is 3. The number of anilines is 1. The van der Waals surface area contributed by atoms with Crippen molar-refractivity contribution < 1.29 is 18.7 Å². The zero-order valence-electron chi connectivity index (χ0n) is 17.2. The predicted molar refractivity (Wildman–Crippen MR) is 136 cm³/mol. The highest BCUT2D eigenvalue weighted by Crippen LogP contribution is 2.38. The van der Waals surface area contributed by atoms with E-state index in [9.17, 15) is 9.18 Å². The molecule has 4 nitrogen and oxygen atoms in total. The van der Waals surface area contributed by atoms with Gasteiger partial charge in [0.05, 0.1) is 22.7 Å². The van der Waals surface area contributed by atoms with Gasteiger partial charge in [-0.2, -0.15) is 0 Å². The molecule has 1 amide bonds. The number of thioether (sulfide) groups is 1. The second-order valence-corrected chi connectivity index (χ2v) is 9.42. The average Bonchev–Trinajstić information content (AvgIpc) is 3.06. The van der Waals surface area contributed by atoms with Crippen LogP contribution in [-0.4, -0.2) is 17.3 Å². The molecule has 0 radical (unpaired) electrons. The van der Waals surface area contributed by atoms with Crippen LogP contribution in [0, 0.1) is 5.82 Å². The predicted octanol–water partition coefficient (Wildman–Crippen LogP) is 7.13. The SMILES string of the molecule is COc1ccc(/C=C2\SC(=S)N(c3cccc(Cl)c3)C2=O)cc1OCc1c(F)cccc1Cl. The Bertz CT molecular complexity index is 1260. The van der Waals surface area contributed by atoms with Crippen LogP contribution in [0.5, 0.6) is 11.5 Å². The van der Waals surface area contributed by atoms with Gasteiger partial charge >= 0.3 is 0 Å². The molecule has 3 aromatic rings. The summed E-state index contributed by atoms with van der Waals surface area (Å²) < 4.78 is 25.7. The highest BCUT2D eigenvalue weighted by atomic mass is 35.5. The number of halogens is 3. The first kappa shape index (κ1) is 23.6. The number of amides is 1. The number of hydrogen-bond donors (Lipinski definition) is 0. The van der Waals surface area contributed by atoms with Gasteiger partial charge < -0.3 is 9.47 Å². The number of nitrogens with zero attached hydrogens (tertiary/aromatic N) is 1. The van der Waals surface area contributed by atoms with Crippen molar-refractivity contribution in [1.29, 1.82) is 0 Å². The Balaban J connectivity index is 1.59. The highest BCUT2D eigenvalue weighted by Gasteiger charge is 2.33. The maximum absolute atomic E-state index is 14.1. The van der Waals surface area contributed by atoms with Crippen LogP contribution in [0.3, 0.4) is 0 Å². The Morgan fingerprint density at radius 3 is 2.61 bits per heavy atom. The molecule has 4 rings (SSSR count). The smallest absolute Gasteiger partial charge is 0.270 e. The summed E-state index contributed by atoms with van der Waals surface area (Å²) in [4.78, 5) is 14.9. The van der Waals surface area contributed by atoms with Crippen LogP contribution in [0.4, 0.5) is 10.1 Å². The Morgan fingerprint density at radius 1 is 1.09 bits per heavy atom. The van der Waals surface area contributed by atoms with Crippen molar-refractivity contribution in [2.75, 3.05) is 12.0 Å². The molecule has 0 aliphatic carbocycles. The van der Waals surface area contributed by atoms with Crippen LogP contribution < -0.4 is 14.4 Å². The molecule has 1 saturated heterocycles. The third-order valence-electron chi connectivity index (χ3n) is 4.78. The van der Waals surface area contributed by atoms with Crippen LogP contribution in [0.1, 0.15) is 11.1 Å². The van der Waals surface area contributed by atoms with E-state index in [1.165, 1.54) is 35.9 Å². The largest absolute Gasteiger partial charge is 0.493 e. The molecule has 9 heteroatoms. The second-order valence-electron chi connectivity index (χ2n) is 6.90. The second kappa shape index (κ2) is 10.1. The fourth-order valence-electron chi connectivity index (χ4n) is 3.17. The van der Waals surface area contributed by atoms with Crippen molar-refractivity contribution in [3.05, 3.63) is 92.6 Å². The maximum Gasteiger partial charge on any atom is 0.270 e. The van der Waals surface area contributed by atoms with Crippen molar-refractivity contribution in [2.45, 2.75) is 6.61 Å². The molecule has 0 unspecified atom stereocenters. The molecule has 0 atom stereocenters. The fraction of sp³-hybridized carbons (Fsp3) is 0.0833. The van der Waals surface area contributed by atoms with Gasteiger partial charge in [-0.05, 0) is 54.1 Å². The minimum absolute atomic E-state index is 0.0811. The molecule has 1 aliphatic rings. The van der Waals surface area contributed by atoms with Crippen LogP contribution in [-0.2, 0) is 11.4 Å². The first-order valence-corrected chi connectivity index (χ1v) is 11.6. The summed E-state index contributed by atoms with van der Waals surface area (Å²) in [6.45, 7) is -0.0811. The molecular formula is C24H16Cl2FNO3S2. The van der Waals surface area contributed by atoms with Crippen LogP contribution >= 0.6 is 47.2 Å². The number of rotatable bonds is 6. The normalized spacial score (nSPS) is 14.8. The lowest BCUT2D eigenvalue weighted by Crippen LogP contribution is -2.27. The minimum atomic E-state index is -0.456. The molecule has 3 aromatic carbocycles. The fourth-order valence-corrected chi connectivity index (χ4v) is 4.87. The van der Waals surface area contributed by atoms with E-state index in [1.807, 2.05) is 0 Å². The van der Waals surface area contributed by atoms with Gasteiger partial charge in [-0.1, -0.05) is 65.4 Å². The molecule has 33 heavy (non-hydrogen) atoms. The first-order valence-electron chi connectivity index (χ1n) is 9.64. The molecule has 168 valence electrons.